The average Bonchev–Trinajstić information content (AvgIpc) is 2.15. The molecule has 0 unspecified atom stereocenters. The van der Waals surface area contributed by atoms with Gasteiger partial charge in [-0.3, -0.25) is 4.90 Å². The van der Waals surface area contributed by atoms with E-state index < -0.39 is 5.60 Å². The van der Waals surface area contributed by atoms with Gasteiger partial charge >= 0.3 is 6.09 Å². The number of amides is 1. The highest BCUT2D eigenvalue weighted by Crippen LogP contribution is 2.14. The lowest BCUT2D eigenvalue weighted by molar-refractivity contribution is -0.0216. The van der Waals surface area contributed by atoms with Crippen molar-refractivity contribution in [2.24, 2.45) is 0 Å². The van der Waals surface area contributed by atoms with Crippen LogP contribution >= 0.6 is 0 Å². The topological polar surface area (TPSA) is 38.8 Å². The third-order valence-electron chi connectivity index (χ3n) is 2.07. The van der Waals surface area contributed by atoms with E-state index in [4.69, 9.17) is 9.47 Å². The largest absolute Gasteiger partial charge is 0.444 e. The first-order chi connectivity index (χ1) is 6.94. The molecular formula is C11H19NO3. The van der Waals surface area contributed by atoms with Gasteiger partial charge in [0.1, 0.15) is 5.60 Å². The first-order valence-electron chi connectivity index (χ1n) is 5.14. The van der Waals surface area contributed by atoms with Gasteiger partial charge in [-0.25, -0.2) is 4.79 Å². The molecule has 1 fully saturated rings. The van der Waals surface area contributed by atoms with Gasteiger partial charge in [0, 0.05) is 6.54 Å². The quantitative estimate of drug-likeness (QED) is 0.623. The molecule has 1 rings (SSSR count). The van der Waals surface area contributed by atoms with Crippen molar-refractivity contribution in [1.29, 1.82) is 0 Å². The van der Waals surface area contributed by atoms with Crippen molar-refractivity contribution >= 4 is 6.09 Å². The predicted octanol–water partition coefficient (Wildman–Crippen LogP) is 1.81. The molecule has 0 aromatic rings. The van der Waals surface area contributed by atoms with E-state index in [1.54, 1.807) is 11.0 Å². The SMILES string of the molecule is C=C[C@H]1COCCN1C(=O)OC(C)(C)C. The molecule has 0 spiro atoms. The van der Waals surface area contributed by atoms with Crippen molar-refractivity contribution in [3.63, 3.8) is 0 Å². The smallest absolute Gasteiger partial charge is 0.410 e. The van der Waals surface area contributed by atoms with Gasteiger partial charge in [0.15, 0.2) is 0 Å². The summed E-state index contributed by atoms with van der Waals surface area (Å²) in [5.41, 5.74) is -0.457. The summed E-state index contributed by atoms with van der Waals surface area (Å²) in [6, 6.07) is -0.0754. The lowest BCUT2D eigenvalue weighted by atomic mass is 10.2. The maximum atomic E-state index is 11.8. The fourth-order valence-corrected chi connectivity index (χ4v) is 1.37. The molecular weight excluding hydrogens is 194 g/mol. The summed E-state index contributed by atoms with van der Waals surface area (Å²) in [5.74, 6) is 0. The van der Waals surface area contributed by atoms with Crippen molar-refractivity contribution < 1.29 is 14.3 Å². The van der Waals surface area contributed by atoms with Crippen LogP contribution in [0.1, 0.15) is 20.8 Å². The first kappa shape index (κ1) is 12.0. The number of morpholine rings is 1. The molecule has 4 heteroatoms. The van der Waals surface area contributed by atoms with Gasteiger partial charge in [-0.2, -0.15) is 0 Å². The highest BCUT2D eigenvalue weighted by atomic mass is 16.6. The monoisotopic (exact) mass is 213 g/mol. The van der Waals surface area contributed by atoms with E-state index in [1.807, 2.05) is 20.8 Å². The minimum Gasteiger partial charge on any atom is -0.444 e. The molecule has 1 aliphatic rings. The third-order valence-corrected chi connectivity index (χ3v) is 2.07. The molecule has 1 heterocycles. The van der Waals surface area contributed by atoms with Gasteiger partial charge in [-0.05, 0) is 20.8 Å². The number of nitrogens with zero attached hydrogens (tertiary/aromatic N) is 1. The molecule has 1 amide bonds. The summed E-state index contributed by atoms with van der Waals surface area (Å²) in [6.07, 6.45) is 1.42. The molecule has 1 saturated heterocycles. The summed E-state index contributed by atoms with van der Waals surface area (Å²) in [4.78, 5) is 13.4. The normalized spacial score (nSPS) is 22.3. The molecule has 0 aromatic heterocycles. The van der Waals surface area contributed by atoms with Crippen LogP contribution in [0.25, 0.3) is 0 Å². The minimum absolute atomic E-state index is 0.0754. The fraction of sp³-hybridized carbons (Fsp3) is 0.727. The van der Waals surface area contributed by atoms with Crippen LogP contribution in [0.5, 0.6) is 0 Å². The number of carbonyl (C=O) groups excluding carboxylic acids is 1. The molecule has 0 N–H and O–H groups in total. The number of ether oxygens (including phenoxy) is 2. The van der Waals surface area contributed by atoms with Gasteiger partial charge in [-0.1, -0.05) is 6.08 Å². The predicted molar refractivity (Wildman–Crippen MR) is 57.7 cm³/mol. The first-order valence-corrected chi connectivity index (χ1v) is 5.14. The van der Waals surface area contributed by atoms with E-state index in [0.29, 0.717) is 19.8 Å². The Labute approximate surface area is 90.8 Å². The summed E-state index contributed by atoms with van der Waals surface area (Å²) < 4.78 is 10.6. The van der Waals surface area contributed by atoms with Crippen LogP contribution in [0.3, 0.4) is 0 Å². The molecule has 0 saturated carbocycles. The second kappa shape index (κ2) is 4.66. The summed E-state index contributed by atoms with van der Waals surface area (Å²) in [7, 11) is 0. The standard InChI is InChI=1S/C11H19NO3/c1-5-9-8-14-7-6-12(9)10(13)15-11(2,3)4/h5,9H,1,6-8H2,2-4H3/t9-/m0/s1. The van der Waals surface area contributed by atoms with Gasteiger partial charge < -0.3 is 9.47 Å². The molecule has 86 valence electrons. The van der Waals surface area contributed by atoms with Gasteiger partial charge in [0.05, 0.1) is 19.3 Å². The molecule has 1 atom stereocenters. The second-order valence-electron chi connectivity index (χ2n) is 4.55. The zero-order valence-electron chi connectivity index (χ0n) is 9.66. The Kier molecular flexibility index (Phi) is 3.74. The van der Waals surface area contributed by atoms with Gasteiger partial charge in [0.25, 0.3) is 0 Å². The maximum Gasteiger partial charge on any atom is 0.410 e. The lowest BCUT2D eigenvalue weighted by Gasteiger charge is -2.34. The van der Waals surface area contributed by atoms with E-state index in [-0.39, 0.29) is 12.1 Å². The van der Waals surface area contributed by atoms with Gasteiger partial charge in [0.2, 0.25) is 0 Å². The van der Waals surface area contributed by atoms with Crippen molar-refractivity contribution in [3.8, 4) is 0 Å². The highest BCUT2D eigenvalue weighted by Gasteiger charge is 2.28. The molecule has 4 nitrogen and oxygen atoms in total. The van der Waals surface area contributed by atoms with E-state index in [1.165, 1.54) is 0 Å². The van der Waals surface area contributed by atoms with Crippen molar-refractivity contribution in [2.45, 2.75) is 32.4 Å². The van der Waals surface area contributed by atoms with Crippen LogP contribution in [0.2, 0.25) is 0 Å². The molecule has 1 aliphatic heterocycles. The highest BCUT2D eigenvalue weighted by molar-refractivity contribution is 5.69. The maximum absolute atomic E-state index is 11.8. The molecule has 0 aliphatic carbocycles. The Morgan fingerprint density at radius 3 is 2.80 bits per heavy atom. The van der Waals surface area contributed by atoms with E-state index >= 15 is 0 Å². The average molecular weight is 213 g/mol. The Morgan fingerprint density at radius 1 is 1.60 bits per heavy atom. The van der Waals surface area contributed by atoms with Crippen LogP contribution in [-0.4, -0.2) is 42.4 Å². The molecule has 0 radical (unpaired) electrons. The van der Waals surface area contributed by atoms with Crippen LogP contribution in [-0.2, 0) is 9.47 Å². The summed E-state index contributed by atoms with van der Waals surface area (Å²) in [5, 5.41) is 0. The second-order valence-corrected chi connectivity index (χ2v) is 4.55. The molecule has 0 aromatic carbocycles. The Morgan fingerprint density at radius 2 is 2.27 bits per heavy atom. The number of hydrogen-bond donors (Lipinski definition) is 0. The van der Waals surface area contributed by atoms with Gasteiger partial charge in [-0.15, -0.1) is 6.58 Å². The van der Waals surface area contributed by atoms with Crippen molar-refractivity contribution in [2.75, 3.05) is 19.8 Å². The van der Waals surface area contributed by atoms with Crippen LogP contribution in [0, 0.1) is 0 Å². The lowest BCUT2D eigenvalue weighted by Crippen LogP contribution is -2.49. The van der Waals surface area contributed by atoms with Crippen LogP contribution in [0.15, 0.2) is 12.7 Å². The zero-order chi connectivity index (χ0) is 11.5. The van der Waals surface area contributed by atoms with Crippen molar-refractivity contribution in [3.05, 3.63) is 12.7 Å². The molecule has 15 heavy (non-hydrogen) atoms. The number of carbonyl (C=O) groups is 1. The fourth-order valence-electron chi connectivity index (χ4n) is 1.37. The van der Waals surface area contributed by atoms with Crippen LogP contribution < -0.4 is 0 Å². The van der Waals surface area contributed by atoms with Crippen molar-refractivity contribution in [1.82, 2.24) is 4.90 Å². The van der Waals surface area contributed by atoms with E-state index in [0.717, 1.165) is 0 Å². The number of hydrogen-bond acceptors (Lipinski definition) is 3. The van der Waals surface area contributed by atoms with E-state index in [9.17, 15) is 4.79 Å². The Balaban J connectivity index is 2.60. The third kappa shape index (κ3) is 3.55. The number of rotatable bonds is 1. The van der Waals surface area contributed by atoms with E-state index in [2.05, 4.69) is 6.58 Å². The Hall–Kier alpha value is -1.03. The minimum atomic E-state index is -0.457. The summed E-state index contributed by atoms with van der Waals surface area (Å²) >= 11 is 0. The van der Waals surface area contributed by atoms with Crippen LogP contribution in [0.4, 0.5) is 4.79 Å². The molecule has 0 bridgehead atoms. The summed E-state index contributed by atoms with van der Waals surface area (Å²) in [6.45, 7) is 10.9. The zero-order valence-corrected chi connectivity index (χ0v) is 9.66. The Bertz CT molecular complexity index is 245.